The molecule has 0 saturated carbocycles. The molecule has 1 N–H and O–H groups in total. The second-order valence-corrected chi connectivity index (χ2v) is 10.0. The summed E-state index contributed by atoms with van der Waals surface area (Å²) in [5.41, 5.74) is 7.97. The van der Waals surface area contributed by atoms with Crippen LogP contribution in [0.3, 0.4) is 0 Å². The van der Waals surface area contributed by atoms with Gasteiger partial charge in [0, 0.05) is 12.2 Å². The number of benzene rings is 2. The third-order valence-electron chi connectivity index (χ3n) is 6.32. The lowest BCUT2D eigenvalue weighted by atomic mass is 9.92. The maximum atomic E-state index is 5.85. The first-order valence-corrected chi connectivity index (χ1v) is 12.5. The molecule has 4 aromatic rings. The van der Waals surface area contributed by atoms with E-state index in [0.29, 0.717) is 23.4 Å². The fraction of sp³-hybridized carbons (Fsp3) is 0.222. The van der Waals surface area contributed by atoms with E-state index in [2.05, 4.69) is 85.5 Å². The Morgan fingerprint density at radius 3 is 2.53 bits per heavy atom. The van der Waals surface area contributed by atoms with Crippen molar-refractivity contribution in [1.82, 2.24) is 20.4 Å². The summed E-state index contributed by atoms with van der Waals surface area (Å²) in [6, 6.07) is 18.8. The maximum Gasteiger partial charge on any atom is 0.258 e. The van der Waals surface area contributed by atoms with Crippen LogP contribution in [0.2, 0.25) is 0 Å². The third kappa shape index (κ3) is 4.29. The SMILES string of the molecule is CC1=C(c2nc(-c3cccs3)no2)C(c2ccc(C)c(C)c2)NC(=S)N1Cc1ccc(C)cc1. The Hall–Kier alpha value is -3.29. The highest BCUT2D eigenvalue weighted by Gasteiger charge is 2.34. The fourth-order valence-corrected chi connectivity index (χ4v) is 5.13. The van der Waals surface area contributed by atoms with Crippen molar-refractivity contribution in [2.45, 2.75) is 40.3 Å². The minimum absolute atomic E-state index is 0.183. The molecule has 7 heteroatoms. The van der Waals surface area contributed by atoms with E-state index in [4.69, 9.17) is 21.7 Å². The third-order valence-corrected chi connectivity index (χ3v) is 7.52. The van der Waals surface area contributed by atoms with Crippen molar-refractivity contribution in [3.8, 4) is 10.7 Å². The number of allylic oxidation sites excluding steroid dienone is 1. The number of hydrogen-bond donors (Lipinski definition) is 1. The second kappa shape index (κ2) is 9.16. The van der Waals surface area contributed by atoms with Crippen molar-refractivity contribution in [2.24, 2.45) is 0 Å². The molecule has 0 spiro atoms. The Balaban J connectivity index is 1.60. The first kappa shape index (κ1) is 22.5. The van der Waals surface area contributed by atoms with Crippen LogP contribution in [0.1, 0.15) is 46.7 Å². The zero-order valence-electron chi connectivity index (χ0n) is 19.6. The molecule has 0 bridgehead atoms. The molecule has 1 aliphatic heterocycles. The summed E-state index contributed by atoms with van der Waals surface area (Å²) in [5.74, 6) is 1.11. The Bertz CT molecular complexity index is 1370. The summed E-state index contributed by atoms with van der Waals surface area (Å²) < 4.78 is 5.83. The van der Waals surface area contributed by atoms with Crippen LogP contribution in [-0.4, -0.2) is 20.2 Å². The highest BCUT2D eigenvalue weighted by atomic mass is 32.1. The van der Waals surface area contributed by atoms with E-state index in [-0.39, 0.29) is 6.04 Å². The van der Waals surface area contributed by atoms with E-state index in [9.17, 15) is 0 Å². The molecule has 0 saturated heterocycles. The highest BCUT2D eigenvalue weighted by Crippen LogP contribution is 2.38. The van der Waals surface area contributed by atoms with Gasteiger partial charge in [-0.2, -0.15) is 4.98 Å². The smallest absolute Gasteiger partial charge is 0.258 e. The molecule has 3 heterocycles. The van der Waals surface area contributed by atoms with Crippen molar-refractivity contribution < 1.29 is 4.52 Å². The molecule has 0 aliphatic carbocycles. The number of aryl methyl sites for hydroxylation is 3. The van der Waals surface area contributed by atoms with Gasteiger partial charge >= 0.3 is 0 Å². The standard InChI is InChI=1S/C27H26N4OS2/c1-16-7-10-20(11-8-16)15-31-19(4)23(26-29-25(30-32-26)22-6-5-13-34-22)24(28-27(31)33)21-12-9-17(2)18(3)14-21/h5-14,24H,15H2,1-4H3,(H,28,33). The second-order valence-electron chi connectivity index (χ2n) is 8.70. The molecule has 2 aromatic heterocycles. The minimum Gasteiger partial charge on any atom is -0.351 e. The van der Waals surface area contributed by atoms with Crippen LogP contribution in [-0.2, 0) is 6.54 Å². The first-order chi connectivity index (χ1) is 16.4. The summed E-state index contributed by atoms with van der Waals surface area (Å²) in [4.78, 5) is 7.88. The van der Waals surface area contributed by atoms with E-state index in [1.165, 1.54) is 22.3 Å². The molecule has 5 rings (SSSR count). The van der Waals surface area contributed by atoms with Crippen LogP contribution in [0.25, 0.3) is 16.3 Å². The Kier molecular flexibility index (Phi) is 6.06. The summed E-state index contributed by atoms with van der Waals surface area (Å²) in [6.07, 6.45) is 0. The predicted molar refractivity (Wildman–Crippen MR) is 141 cm³/mol. The van der Waals surface area contributed by atoms with Gasteiger partial charge in [-0.3, -0.25) is 0 Å². The van der Waals surface area contributed by atoms with Crippen molar-refractivity contribution in [1.29, 1.82) is 0 Å². The van der Waals surface area contributed by atoms with Crippen LogP contribution in [0.15, 0.2) is 70.2 Å². The maximum absolute atomic E-state index is 5.85. The highest BCUT2D eigenvalue weighted by molar-refractivity contribution is 7.80. The normalized spacial score (nSPS) is 16.2. The zero-order chi connectivity index (χ0) is 23.8. The van der Waals surface area contributed by atoms with Gasteiger partial charge in [-0.15, -0.1) is 11.3 Å². The van der Waals surface area contributed by atoms with Gasteiger partial charge in [0.05, 0.1) is 16.5 Å². The van der Waals surface area contributed by atoms with Crippen molar-refractivity contribution >= 4 is 34.2 Å². The molecule has 1 aliphatic rings. The lowest BCUT2D eigenvalue weighted by Crippen LogP contribution is -2.45. The van der Waals surface area contributed by atoms with E-state index in [1.54, 1.807) is 11.3 Å². The summed E-state index contributed by atoms with van der Waals surface area (Å²) in [6.45, 7) is 9.08. The van der Waals surface area contributed by atoms with Gasteiger partial charge in [0.15, 0.2) is 5.11 Å². The number of nitrogens with zero attached hydrogens (tertiary/aromatic N) is 3. The molecular formula is C27H26N4OS2. The van der Waals surface area contributed by atoms with Crippen LogP contribution >= 0.6 is 23.6 Å². The summed E-state index contributed by atoms with van der Waals surface area (Å²) in [7, 11) is 0. The Labute approximate surface area is 209 Å². The summed E-state index contributed by atoms with van der Waals surface area (Å²) in [5, 5.41) is 10.5. The minimum atomic E-state index is -0.183. The van der Waals surface area contributed by atoms with E-state index >= 15 is 0 Å². The number of rotatable bonds is 5. The van der Waals surface area contributed by atoms with Gasteiger partial charge in [0.2, 0.25) is 5.82 Å². The van der Waals surface area contributed by atoms with Crippen LogP contribution < -0.4 is 5.32 Å². The molecule has 5 nitrogen and oxygen atoms in total. The van der Waals surface area contributed by atoms with Gasteiger partial charge in [0.1, 0.15) is 0 Å². The molecule has 0 radical (unpaired) electrons. The van der Waals surface area contributed by atoms with Gasteiger partial charge in [0.25, 0.3) is 5.89 Å². The first-order valence-electron chi connectivity index (χ1n) is 11.2. The number of hydrogen-bond acceptors (Lipinski definition) is 5. The number of aromatic nitrogens is 2. The van der Waals surface area contributed by atoms with Gasteiger partial charge in [-0.25, -0.2) is 0 Å². The molecular weight excluding hydrogens is 460 g/mol. The molecule has 1 atom stereocenters. The lowest BCUT2D eigenvalue weighted by Gasteiger charge is -2.37. The number of thiophene rings is 1. The van der Waals surface area contributed by atoms with Crippen LogP contribution in [0, 0.1) is 20.8 Å². The Morgan fingerprint density at radius 1 is 1.03 bits per heavy atom. The molecule has 172 valence electrons. The average molecular weight is 487 g/mol. The number of thiocarbonyl (C=S) groups is 1. The average Bonchev–Trinajstić information content (AvgIpc) is 3.51. The van der Waals surface area contributed by atoms with Crippen molar-refractivity contribution in [2.75, 3.05) is 0 Å². The molecule has 1 unspecified atom stereocenters. The van der Waals surface area contributed by atoms with E-state index in [1.807, 2.05) is 17.5 Å². The summed E-state index contributed by atoms with van der Waals surface area (Å²) >= 11 is 7.45. The fourth-order valence-electron chi connectivity index (χ4n) is 4.16. The monoisotopic (exact) mass is 486 g/mol. The van der Waals surface area contributed by atoms with Gasteiger partial charge in [-0.05, 0) is 73.6 Å². The topological polar surface area (TPSA) is 54.2 Å². The Morgan fingerprint density at radius 2 is 1.82 bits per heavy atom. The largest absolute Gasteiger partial charge is 0.351 e. The lowest BCUT2D eigenvalue weighted by molar-refractivity contribution is 0.396. The van der Waals surface area contributed by atoms with Gasteiger partial charge in [-0.1, -0.05) is 59.3 Å². The predicted octanol–water partition coefficient (Wildman–Crippen LogP) is 6.59. The quantitative estimate of drug-likeness (QED) is 0.321. The van der Waals surface area contributed by atoms with E-state index < -0.39 is 0 Å². The molecule has 2 aromatic carbocycles. The van der Waals surface area contributed by atoms with Crippen molar-refractivity contribution in [3.63, 3.8) is 0 Å². The van der Waals surface area contributed by atoms with E-state index in [0.717, 1.165) is 21.7 Å². The number of nitrogens with one attached hydrogen (secondary N) is 1. The molecule has 34 heavy (non-hydrogen) atoms. The zero-order valence-corrected chi connectivity index (χ0v) is 21.3. The van der Waals surface area contributed by atoms with Crippen LogP contribution in [0.5, 0.6) is 0 Å². The molecule has 0 fully saturated rings. The van der Waals surface area contributed by atoms with Crippen molar-refractivity contribution in [3.05, 3.63) is 99.4 Å². The van der Waals surface area contributed by atoms with Crippen LogP contribution in [0.4, 0.5) is 0 Å². The van der Waals surface area contributed by atoms with Gasteiger partial charge < -0.3 is 14.7 Å². The molecule has 0 amide bonds.